The number of nitrogens with zero attached hydrogens (tertiary/aromatic N) is 5. The van der Waals surface area contributed by atoms with Gasteiger partial charge in [0.05, 0.1) is 15.9 Å². The number of carbonyl (C=O) groups is 2. The second kappa shape index (κ2) is 10.9. The Morgan fingerprint density at radius 3 is 2.54 bits per heavy atom. The molecule has 3 aromatic heterocycles. The zero-order chi connectivity index (χ0) is 27.5. The highest BCUT2D eigenvalue weighted by Gasteiger charge is 2.20. The highest BCUT2D eigenvalue weighted by molar-refractivity contribution is 7.09. The third-order valence-corrected chi connectivity index (χ3v) is 7.07. The molecule has 0 bridgehead atoms. The Morgan fingerprint density at radius 2 is 1.85 bits per heavy atom. The minimum Gasteiger partial charge on any atom is -0.465 e. The molecule has 11 heteroatoms. The molecule has 5 rings (SSSR count). The summed E-state index contributed by atoms with van der Waals surface area (Å²) in [5.41, 5.74) is 10.9. The number of nitrogen functional groups attached to an aromatic ring is 1. The van der Waals surface area contributed by atoms with E-state index in [0.717, 1.165) is 38.2 Å². The van der Waals surface area contributed by atoms with E-state index in [1.165, 1.54) is 16.4 Å². The smallest absolute Gasteiger partial charge is 0.407 e. The lowest BCUT2D eigenvalue weighted by molar-refractivity contribution is -0.117. The van der Waals surface area contributed by atoms with Crippen LogP contribution in [0.1, 0.15) is 18.1 Å². The summed E-state index contributed by atoms with van der Waals surface area (Å²) in [5, 5.41) is 13.3. The topological polar surface area (TPSA) is 139 Å². The first-order valence-corrected chi connectivity index (χ1v) is 13.0. The predicted octanol–water partition coefficient (Wildman–Crippen LogP) is 4.51. The zero-order valence-corrected chi connectivity index (χ0v) is 22.1. The highest BCUT2D eigenvalue weighted by Crippen LogP contribution is 2.34. The van der Waals surface area contributed by atoms with Crippen LogP contribution >= 0.6 is 11.5 Å². The van der Waals surface area contributed by atoms with E-state index < -0.39 is 6.09 Å². The molecule has 0 aliphatic rings. The lowest BCUT2D eigenvalue weighted by Crippen LogP contribution is -2.37. The number of pyridine rings is 1. The van der Waals surface area contributed by atoms with Crippen LogP contribution in [0.25, 0.3) is 32.6 Å². The number of hydrogen-bond donors (Lipinski definition) is 3. The van der Waals surface area contributed by atoms with Crippen molar-refractivity contribution in [3.63, 3.8) is 0 Å². The molecule has 0 atom stereocenters. The standard InChI is InChI=1S/C28H27N7O3S/c1-17(2)27(36)30-13-14-34(28(37)38)15-18-7-9-19(10-8-18)16-35-24-20-5-3-4-6-21(20)32-25(29)23(24)33-26(35)22-11-12-31-39-22/h3-12H,1,13-16H2,2H3,(H2,29,32)(H,30,36)(H,37,38). The number of imidazole rings is 1. The third kappa shape index (κ3) is 5.43. The average Bonchev–Trinajstić information content (AvgIpc) is 3.58. The number of benzene rings is 2. The number of anilines is 1. The summed E-state index contributed by atoms with van der Waals surface area (Å²) >= 11 is 1.36. The van der Waals surface area contributed by atoms with Crippen molar-refractivity contribution in [2.24, 2.45) is 0 Å². The predicted molar refractivity (Wildman–Crippen MR) is 152 cm³/mol. The van der Waals surface area contributed by atoms with Gasteiger partial charge in [-0.3, -0.25) is 4.79 Å². The van der Waals surface area contributed by atoms with Crippen LogP contribution in [-0.2, 0) is 17.9 Å². The maximum Gasteiger partial charge on any atom is 0.407 e. The fourth-order valence-electron chi connectivity index (χ4n) is 4.38. The number of hydrogen-bond acceptors (Lipinski definition) is 7. The summed E-state index contributed by atoms with van der Waals surface area (Å²) in [4.78, 5) is 35.1. The Kier molecular flexibility index (Phi) is 7.24. The van der Waals surface area contributed by atoms with Gasteiger partial charge in [-0.05, 0) is 41.7 Å². The Balaban J connectivity index is 1.42. The first-order chi connectivity index (χ1) is 18.8. The van der Waals surface area contributed by atoms with Crippen LogP contribution in [-0.4, -0.2) is 54.0 Å². The number of amides is 2. The second-order valence-corrected chi connectivity index (χ2v) is 10.00. The Bertz CT molecular complexity index is 1680. The highest BCUT2D eigenvalue weighted by atomic mass is 32.1. The van der Waals surface area contributed by atoms with Crippen LogP contribution in [0.5, 0.6) is 0 Å². The molecule has 0 saturated heterocycles. The normalized spacial score (nSPS) is 11.1. The van der Waals surface area contributed by atoms with Crippen molar-refractivity contribution in [2.45, 2.75) is 20.0 Å². The molecule has 0 saturated carbocycles. The number of para-hydroxylation sites is 1. The quantitative estimate of drug-likeness (QED) is 0.233. The molecule has 2 amide bonds. The first kappa shape index (κ1) is 25.9. The minimum atomic E-state index is -1.05. The lowest BCUT2D eigenvalue weighted by Gasteiger charge is -2.20. The van der Waals surface area contributed by atoms with E-state index in [4.69, 9.17) is 10.7 Å². The van der Waals surface area contributed by atoms with E-state index in [1.54, 1.807) is 13.1 Å². The van der Waals surface area contributed by atoms with Gasteiger partial charge in [0.15, 0.2) is 11.6 Å². The van der Waals surface area contributed by atoms with Crippen molar-refractivity contribution < 1.29 is 14.7 Å². The van der Waals surface area contributed by atoms with Crippen LogP contribution in [0.4, 0.5) is 10.6 Å². The van der Waals surface area contributed by atoms with Crippen molar-refractivity contribution in [1.29, 1.82) is 0 Å². The van der Waals surface area contributed by atoms with Crippen molar-refractivity contribution in [2.75, 3.05) is 18.8 Å². The summed E-state index contributed by atoms with van der Waals surface area (Å²) < 4.78 is 6.39. The van der Waals surface area contributed by atoms with Crippen LogP contribution in [0.3, 0.4) is 0 Å². The molecule has 0 spiro atoms. The van der Waals surface area contributed by atoms with Crippen LogP contribution < -0.4 is 11.1 Å². The second-order valence-electron chi connectivity index (χ2n) is 9.17. The molecule has 39 heavy (non-hydrogen) atoms. The van der Waals surface area contributed by atoms with Gasteiger partial charge >= 0.3 is 6.09 Å². The maximum atomic E-state index is 11.8. The summed E-state index contributed by atoms with van der Waals surface area (Å²) in [6, 6.07) is 17.6. The third-order valence-electron chi connectivity index (χ3n) is 6.33. The lowest BCUT2D eigenvalue weighted by atomic mass is 10.1. The number of fused-ring (bicyclic) bond motifs is 3. The van der Waals surface area contributed by atoms with E-state index >= 15 is 0 Å². The van der Waals surface area contributed by atoms with Gasteiger partial charge < -0.3 is 25.6 Å². The maximum absolute atomic E-state index is 11.8. The fourth-order valence-corrected chi connectivity index (χ4v) is 4.98. The van der Waals surface area contributed by atoms with Gasteiger partial charge in [0.25, 0.3) is 0 Å². The molecular formula is C28H27N7O3S. The van der Waals surface area contributed by atoms with Crippen molar-refractivity contribution >= 4 is 51.3 Å². The molecule has 4 N–H and O–H groups in total. The van der Waals surface area contributed by atoms with Crippen LogP contribution in [0.2, 0.25) is 0 Å². The fraction of sp³-hybridized carbons (Fsp3) is 0.179. The Hall–Kier alpha value is -4.77. The van der Waals surface area contributed by atoms with Crippen molar-refractivity contribution in [3.8, 4) is 10.7 Å². The molecule has 198 valence electrons. The van der Waals surface area contributed by atoms with E-state index in [2.05, 4.69) is 25.8 Å². The molecule has 0 radical (unpaired) electrons. The molecular weight excluding hydrogens is 514 g/mol. The number of nitrogens with two attached hydrogens (primary N) is 1. The van der Waals surface area contributed by atoms with E-state index in [1.807, 2.05) is 54.6 Å². The van der Waals surface area contributed by atoms with Gasteiger partial charge in [-0.2, -0.15) is 0 Å². The number of carbonyl (C=O) groups excluding carboxylic acids is 1. The van der Waals surface area contributed by atoms with Gasteiger partial charge in [-0.1, -0.05) is 49.0 Å². The zero-order valence-electron chi connectivity index (χ0n) is 21.3. The van der Waals surface area contributed by atoms with E-state index in [-0.39, 0.29) is 25.5 Å². The first-order valence-electron chi connectivity index (χ1n) is 12.3. The number of rotatable bonds is 9. The minimum absolute atomic E-state index is 0.165. The van der Waals surface area contributed by atoms with Crippen LogP contribution in [0.15, 0.2) is 72.9 Å². The van der Waals surface area contributed by atoms with Crippen LogP contribution in [0, 0.1) is 0 Å². The SMILES string of the molecule is C=C(C)C(=O)NCCN(Cc1ccc(Cn2c(-c3ccns3)nc3c(N)nc4ccccc4c32)cc1)C(=O)O. The van der Waals surface area contributed by atoms with E-state index in [9.17, 15) is 14.7 Å². The van der Waals surface area contributed by atoms with Gasteiger partial charge in [0.2, 0.25) is 5.91 Å². The summed E-state index contributed by atoms with van der Waals surface area (Å²) in [6.45, 7) is 6.28. The van der Waals surface area contributed by atoms with Gasteiger partial charge in [0.1, 0.15) is 5.52 Å². The van der Waals surface area contributed by atoms with Crippen molar-refractivity contribution in [1.82, 2.24) is 29.1 Å². The Labute approximate surface area is 228 Å². The van der Waals surface area contributed by atoms with Gasteiger partial charge in [0, 0.05) is 43.3 Å². The number of aromatic nitrogens is 4. The van der Waals surface area contributed by atoms with E-state index in [0.29, 0.717) is 23.5 Å². The molecule has 3 heterocycles. The van der Waals surface area contributed by atoms with Gasteiger partial charge in [-0.15, -0.1) is 0 Å². The molecule has 0 aliphatic carbocycles. The molecule has 0 unspecified atom stereocenters. The number of carboxylic acid groups (broad SMARTS) is 1. The summed E-state index contributed by atoms with van der Waals surface area (Å²) in [6.07, 6.45) is 0.692. The van der Waals surface area contributed by atoms with Gasteiger partial charge in [-0.25, -0.2) is 19.1 Å². The molecule has 0 aliphatic heterocycles. The molecule has 10 nitrogen and oxygen atoms in total. The largest absolute Gasteiger partial charge is 0.465 e. The molecule has 2 aromatic carbocycles. The molecule has 0 fully saturated rings. The number of nitrogens with one attached hydrogen (secondary N) is 1. The summed E-state index contributed by atoms with van der Waals surface area (Å²) in [7, 11) is 0. The monoisotopic (exact) mass is 541 g/mol. The summed E-state index contributed by atoms with van der Waals surface area (Å²) in [5.74, 6) is 0.840. The average molecular weight is 542 g/mol. The van der Waals surface area contributed by atoms with Crippen molar-refractivity contribution in [3.05, 3.63) is 84.1 Å². The Morgan fingerprint density at radius 1 is 1.10 bits per heavy atom. The molecule has 5 aromatic rings.